The lowest BCUT2D eigenvalue weighted by molar-refractivity contribution is -0.112. The van der Waals surface area contributed by atoms with Crippen molar-refractivity contribution < 1.29 is 19.1 Å². The van der Waals surface area contributed by atoms with Crippen molar-refractivity contribution in [2.24, 2.45) is 0 Å². The van der Waals surface area contributed by atoms with E-state index >= 15 is 0 Å². The topological polar surface area (TPSA) is 72.5 Å². The first kappa shape index (κ1) is 15.4. The Morgan fingerprint density at radius 3 is 2.14 bits per heavy atom. The van der Waals surface area contributed by atoms with E-state index in [1.165, 1.54) is 12.1 Å². The molecule has 0 aliphatic carbocycles. The van der Waals surface area contributed by atoms with Gasteiger partial charge in [0.05, 0.1) is 12.2 Å². The standard InChI is InChI=1S/C17H15NO4/c1-2-22-17(21)13-8-10-14(11-9-13)18-16(20)15(19)12-6-4-3-5-7-12/h3-11H,2H2,1H3,(H,18,20). The maximum atomic E-state index is 11.9. The maximum absolute atomic E-state index is 11.9. The summed E-state index contributed by atoms with van der Waals surface area (Å²) in [5, 5.41) is 2.50. The van der Waals surface area contributed by atoms with Crippen molar-refractivity contribution in [3.8, 4) is 0 Å². The number of amides is 1. The molecular formula is C17H15NO4. The minimum absolute atomic E-state index is 0.295. The average Bonchev–Trinajstić information content (AvgIpc) is 2.55. The fourth-order valence-electron chi connectivity index (χ4n) is 1.81. The summed E-state index contributed by atoms with van der Waals surface area (Å²) >= 11 is 0. The van der Waals surface area contributed by atoms with Crippen molar-refractivity contribution in [2.45, 2.75) is 6.92 Å². The summed E-state index contributed by atoms with van der Waals surface area (Å²) in [4.78, 5) is 35.3. The van der Waals surface area contributed by atoms with E-state index in [1.807, 2.05) is 0 Å². The van der Waals surface area contributed by atoms with Crippen molar-refractivity contribution in [2.75, 3.05) is 11.9 Å². The van der Waals surface area contributed by atoms with Gasteiger partial charge in [-0.1, -0.05) is 30.3 Å². The maximum Gasteiger partial charge on any atom is 0.338 e. The van der Waals surface area contributed by atoms with Crippen LogP contribution < -0.4 is 5.32 Å². The van der Waals surface area contributed by atoms with Gasteiger partial charge in [0.2, 0.25) is 0 Å². The molecule has 112 valence electrons. The molecule has 1 N–H and O–H groups in total. The van der Waals surface area contributed by atoms with Crippen LogP contribution in [0.15, 0.2) is 54.6 Å². The number of carbonyl (C=O) groups is 3. The van der Waals surface area contributed by atoms with Gasteiger partial charge in [0.15, 0.2) is 0 Å². The summed E-state index contributed by atoms with van der Waals surface area (Å²) < 4.78 is 4.86. The van der Waals surface area contributed by atoms with Crippen molar-refractivity contribution in [1.82, 2.24) is 0 Å². The molecule has 0 radical (unpaired) electrons. The van der Waals surface area contributed by atoms with Crippen LogP contribution in [0.4, 0.5) is 5.69 Å². The van der Waals surface area contributed by atoms with Crippen molar-refractivity contribution >= 4 is 23.3 Å². The number of Topliss-reactive ketones (excluding diaryl/α,β-unsaturated/α-hetero) is 1. The molecule has 22 heavy (non-hydrogen) atoms. The monoisotopic (exact) mass is 297 g/mol. The number of esters is 1. The van der Waals surface area contributed by atoms with Gasteiger partial charge < -0.3 is 10.1 Å². The summed E-state index contributed by atoms with van der Waals surface area (Å²) in [5.74, 6) is -1.77. The number of ether oxygens (including phenoxy) is 1. The molecule has 5 heteroatoms. The molecule has 0 fully saturated rings. The summed E-state index contributed by atoms with van der Waals surface area (Å²) in [5.41, 5.74) is 1.14. The quantitative estimate of drug-likeness (QED) is 0.523. The minimum atomic E-state index is -0.727. The van der Waals surface area contributed by atoms with E-state index in [1.54, 1.807) is 49.4 Å². The summed E-state index contributed by atoms with van der Waals surface area (Å²) in [7, 11) is 0. The Balaban J connectivity index is 2.03. The SMILES string of the molecule is CCOC(=O)c1ccc(NC(=O)C(=O)c2ccccc2)cc1. The molecule has 0 atom stereocenters. The highest BCUT2D eigenvalue weighted by molar-refractivity contribution is 6.46. The second-order valence-electron chi connectivity index (χ2n) is 4.45. The van der Waals surface area contributed by atoms with E-state index in [-0.39, 0.29) is 0 Å². The van der Waals surface area contributed by atoms with Gasteiger partial charge in [-0.15, -0.1) is 0 Å². The van der Waals surface area contributed by atoms with Gasteiger partial charge in [-0.2, -0.15) is 0 Å². The highest BCUT2D eigenvalue weighted by Gasteiger charge is 2.16. The molecule has 0 aliphatic heterocycles. The van der Waals surface area contributed by atoms with Gasteiger partial charge >= 0.3 is 5.97 Å². The fraction of sp³-hybridized carbons (Fsp3) is 0.118. The molecule has 0 saturated carbocycles. The normalized spacial score (nSPS) is 9.86. The van der Waals surface area contributed by atoms with Crippen LogP contribution in [-0.4, -0.2) is 24.3 Å². The zero-order chi connectivity index (χ0) is 15.9. The summed E-state index contributed by atoms with van der Waals surface area (Å²) in [6, 6.07) is 14.4. The van der Waals surface area contributed by atoms with Crippen LogP contribution in [-0.2, 0) is 9.53 Å². The van der Waals surface area contributed by atoms with E-state index in [4.69, 9.17) is 4.74 Å². The van der Waals surface area contributed by atoms with Gasteiger partial charge in [-0.3, -0.25) is 9.59 Å². The molecule has 0 heterocycles. The zero-order valence-electron chi connectivity index (χ0n) is 12.0. The van der Waals surface area contributed by atoms with Crippen LogP contribution in [0.2, 0.25) is 0 Å². The Bertz CT molecular complexity index is 678. The Kier molecular flexibility index (Phi) is 5.03. The second kappa shape index (κ2) is 7.17. The van der Waals surface area contributed by atoms with Crippen molar-refractivity contribution in [3.05, 3.63) is 65.7 Å². The van der Waals surface area contributed by atoms with Gasteiger partial charge in [0, 0.05) is 11.3 Å². The lowest BCUT2D eigenvalue weighted by Crippen LogP contribution is -2.22. The molecule has 0 aliphatic rings. The molecule has 5 nitrogen and oxygen atoms in total. The molecule has 2 rings (SSSR count). The van der Waals surface area contributed by atoms with E-state index in [9.17, 15) is 14.4 Å². The molecule has 0 unspecified atom stereocenters. The Hall–Kier alpha value is -2.95. The number of benzene rings is 2. The van der Waals surface area contributed by atoms with Gasteiger partial charge in [-0.05, 0) is 31.2 Å². The lowest BCUT2D eigenvalue weighted by Gasteiger charge is -2.06. The van der Waals surface area contributed by atoms with Crippen LogP contribution >= 0.6 is 0 Å². The van der Waals surface area contributed by atoms with Crippen LogP contribution in [0.25, 0.3) is 0 Å². The predicted molar refractivity (Wildman–Crippen MR) is 81.8 cm³/mol. The summed E-state index contributed by atoms with van der Waals surface area (Å²) in [6.07, 6.45) is 0. The highest BCUT2D eigenvalue weighted by Crippen LogP contribution is 2.11. The van der Waals surface area contributed by atoms with E-state index < -0.39 is 17.7 Å². The smallest absolute Gasteiger partial charge is 0.338 e. The van der Waals surface area contributed by atoms with Gasteiger partial charge in [0.1, 0.15) is 0 Å². The first-order valence-electron chi connectivity index (χ1n) is 6.79. The van der Waals surface area contributed by atoms with E-state index in [0.29, 0.717) is 23.4 Å². The number of rotatable bonds is 5. The number of ketones is 1. The van der Waals surface area contributed by atoms with Crippen molar-refractivity contribution in [3.63, 3.8) is 0 Å². The lowest BCUT2D eigenvalue weighted by atomic mass is 10.1. The molecule has 1 amide bonds. The highest BCUT2D eigenvalue weighted by atomic mass is 16.5. The first-order valence-corrected chi connectivity index (χ1v) is 6.79. The van der Waals surface area contributed by atoms with Crippen LogP contribution in [0.5, 0.6) is 0 Å². The predicted octanol–water partition coefficient (Wildman–Crippen LogP) is 2.68. The number of nitrogens with one attached hydrogen (secondary N) is 1. The van der Waals surface area contributed by atoms with E-state index in [2.05, 4.69) is 5.32 Å². The Morgan fingerprint density at radius 2 is 1.55 bits per heavy atom. The van der Waals surface area contributed by atoms with E-state index in [0.717, 1.165) is 0 Å². The zero-order valence-corrected chi connectivity index (χ0v) is 12.0. The molecule has 0 aromatic heterocycles. The largest absolute Gasteiger partial charge is 0.462 e. The molecule has 2 aromatic rings. The van der Waals surface area contributed by atoms with Crippen LogP contribution in [0.3, 0.4) is 0 Å². The van der Waals surface area contributed by atoms with Gasteiger partial charge in [-0.25, -0.2) is 4.79 Å². The van der Waals surface area contributed by atoms with Crippen LogP contribution in [0, 0.1) is 0 Å². The number of anilines is 1. The molecule has 2 aromatic carbocycles. The third kappa shape index (κ3) is 3.79. The molecule has 0 spiro atoms. The molecule has 0 bridgehead atoms. The average molecular weight is 297 g/mol. The molecular weight excluding hydrogens is 282 g/mol. The van der Waals surface area contributed by atoms with Crippen molar-refractivity contribution in [1.29, 1.82) is 0 Å². The first-order chi connectivity index (χ1) is 10.6. The molecule has 0 saturated heterocycles. The Labute approximate surface area is 127 Å². The number of carbonyl (C=O) groups excluding carboxylic acids is 3. The fourth-order valence-corrected chi connectivity index (χ4v) is 1.81. The van der Waals surface area contributed by atoms with Crippen LogP contribution in [0.1, 0.15) is 27.6 Å². The summed E-state index contributed by atoms with van der Waals surface area (Å²) in [6.45, 7) is 2.02. The minimum Gasteiger partial charge on any atom is -0.462 e. The third-order valence-corrected chi connectivity index (χ3v) is 2.90. The van der Waals surface area contributed by atoms with Gasteiger partial charge in [0.25, 0.3) is 11.7 Å². The third-order valence-electron chi connectivity index (χ3n) is 2.90. The Morgan fingerprint density at radius 1 is 0.909 bits per heavy atom. The number of hydrogen-bond acceptors (Lipinski definition) is 4. The second-order valence-corrected chi connectivity index (χ2v) is 4.45. The number of hydrogen-bond donors (Lipinski definition) is 1.